The van der Waals surface area contributed by atoms with E-state index in [9.17, 15) is 18.0 Å². The maximum atomic E-state index is 13.5. The molecule has 1 fully saturated rings. The highest BCUT2D eigenvalue weighted by Gasteiger charge is 2.47. The zero-order chi connectivity index (χ0) is 24.3. The van der Waals surface area contributed by atoms with Gasteiger partial charge in [-0.1, -0.05) is 29.8 Å². The second-order valence-electron chi connectivity index (χ2n) is 7.64. The molecule has 2 heterocycles. The standard InChI is InChI=1S/C24H23ClN2O5S2/c1-2-32-20-10-8-19(9-11-20)27-22(28)16-21(24(27)29)26(34(30,31)23-7-4-14-33-23)13-12-17-5-3-6-18(25)15-17/h3-11,14-15,21H,2,12-13,16H2,1H3. The zero-order valence-corrected chi connectivity index (χ0v) is 20.8. The van der Waals surface area contributed by atoms with Crippen LogP contribution in [0.5, 0.6) is 5.75 Å². The quantitative estimate of drug-likeness (QED) is 0.393. The molecular weight excluding hydrogens is 496 g/mol. The van der Waals surface area contributed by atoms with Gasteiger partial charge in [0.05, 0.1) is 18.7 Å². The molecular formula is C24H23ClN2O5S2. The van der Waals surface area contributed by atoms with Crippen LogP contribution in [0, 0.1) is 0 Å². The summed E-state index contributed by atoms with van der Waals surface area (Å²) in [4.78, 5) is 27.3. The molecule has 0 aliphatic carbocycles. The summed E-state index contributed by atoms with van der Waals surface area (Å²) in [6, 6.07) is 15.7. The molecule has 3 aromatic rings. The van der Waals surface area contributed by atoms with Crippen LogP contribution in [0.2, 0.25) is 5.02 Å². The van der Waals surface area contributed by atoms with E-state index in [0.29, 0.717) is 29.5 Å². The van der Waals surface area contributed by atoms with Crippen molar-refractivity contribution in [2.45, 2.75) is 30.0 Å². The first-order chi connectivity index (χ1) is 16.3. The van der Waals surface area contributed by atoms with Gasteiger partial charge in [0, 0.05) is 11.6 Å². The van der Waals surface area contributed by atoms with Crippen LogP contribution < -0.4 is 9.64 Å². The van der Waals surface area contributed by atoms with Crippen LogP contribution in [-0.4, -0.2) is 43.7 Å². The number of sulfonamides is 1. The summed E-state index contributed by atoms with van der Waals surface area (Å²) in [7, 11) is -4.00. The zero-order valence-electron chi connectivity index (χ0n) is 18.4. The maximum absolute atomic E-state index is 13.5. The van der Waals surface area contributed by atoms with Gasteiger partial charge in [0.25, 0.3) is 15.9 Å². The average molecular weight is 519 g/mol. The van der Waals surface area contributed by atoms with Crippen LogP contribution >= 0.6 is 22.9 Å². The van der Waals surface area contributed by atoms with Crippen LogP contribution in [0.15, 0.2) is 70.3 Å². The Bertz CT molecular complexity index is 1280. The molecule has 0 spiro atoms. The van der Waals surface area contributed by atoms with Gasteiger partial charge in [0.2, 0.25) is 5.91 Å². The molecule has 2 aromatic carbocycles. The number of halogens is 1. The molecule has 2 amide bonds. The van der Waals surface area contributed by atoms with E-state index in [-0.39, 0.29) is 17.2 Å². The Morgan fingerprint density at radius 2 is 1.88 bits per heavy atom. The molecule has 4 rings (SSSR count). The number of anilines is 1. The molecule has 0 bridgehead atoms. The van der Waals surface area contributed by atoms with Gasteiger partial charge in [0.1, 0.15) is 16.0 Å². The topological polar surface area (TPSA) is 84.0 Å². The van der Waals surface area contributed by atoms with Crippen LogP contribution in [0.25, 0.3) is 0 Å². The SMILES string of the molecule is CCOc1ccc(N2C(=O)CC(N(CCc3cccc(Cl)c3)S(=O)(=O)c3cccs3)C2=O)cc1. The molecule has 0 radical (unpaired) electrons. The van der Waals surface area contributed by atoms with Gasteiger partial charge in [-0.25, -0.2) is 13.3 Å². The lowest BCUT2D eigenvalue weighted by Crippen LogP contribution is -2.46. The lowest BCUT2D eigenvalue weighted by molar-refractivity contribution is -0.122. The molecule has 1 aliphatic rings. The lowest BCUT2D eigenvalue weighted by atomic mass is 10.1. The Morgan fingerprint density at radius 1 is 1.12 bits per heavy atom. The molecule has 34 heavy (non-hydrogen) atoms. The monoisotopic (exact) mass is 518 g/mol. The van der Waals surface area contributed by atoms with E-state index >= 15 is 0 Å². The first kappa shape index (κ1) is 24.4. The third kappa shape index (κ3) is 5.02. The molecule has 1 atom stereocenters. The van der Waals surface area contributed by atoms with Crippen molar-refractivity contribution in [3.05, 3.63) is 76.6 Å². The minimum Gasteiger partial charge on any atom is -0.494 e. The lowest BCUT2D eigenvalue weighted by Gasteiger charge is -2.26. The average Bonchev–Trinajstić information content (AvgIpc) is 3.44. The number of benzene rings is 2. The minimum absolute atomic E-state index is 0.0291. The van der Waals surface area contributed by atoms with Gasteiger partial charge in [-0.3, -0.25) is 9.59 Å². The Hall–Kier alpha value is -2.72. The molecule has 7 nitrogen and oxygen atoms in total. The highest BCUT2D eigenvalue weighted by molar-refractivity contribution is 7.91. The minimum atomic E-state index is -4.00. The molecule has 1 unspecified atom stereocenters. The summed E-state index contributed by atoms with van der Waals surface area (Å²) in [6.45, 7) is 2.38. The maximum Gasteiger partial charge on any atom is 0.253 e. The molecule has 1 aliphatic heterocycles. The van der Waals surface area contributed by atoms with Gasteiger partial charge in [-0.15, -0.1) is 11.3 Å². The summed E-state index contributed by atoms with van der Waals surface area (Å²) in [6.07, 6.45) is 0.110. The number of nitrogens with zero attached hydrogens (tertiary/aromatic N) is 2. The van der Waals surface area contributed by atoms with E-state index in [0.717, 1.165) is 26.1 Å². The second-order valence-corrected chi connectivity index (χ2v) is 11.1. The second kappa shape index (κ2) is 10.3. The molecule has 1 saturated heterocycles. The number of carbonyl (C=O) groups is 2. The van der Waals surface area contributed by atoms with Crippen molar-refractivity contribution in [1.29, 1.82) is 0 Å². The fraction of sp³-hybridized carbons (Fsp3) is 0.250. The van der Waals surface area contributed by atoms with Crippen molar-refractivity contribution in [2.24, 2.45) is 0 Å². The van der Waals surface area contributed by atoms with E-state index in [1.54, 1.807) is 53.9 Å². The number of rotatable bonds is 9. The van der Waals surface area contributed by atoms with E-state index < -0.39 is 27.9 Å². The Labute approximate surface area is 207 Å². The van der Waals surface area contributed by atoms with Crippen molar-refractivity contribution >= 4 is 50.5 Å². The first-order valence-corrected chi connectivity index (χ1v) is 13.4. The third-order valence-corrected chi connectivity index (χ3v) is 8.96. The third-order valence-electron chi connectivity index (χ3n) is 5.44. The van der Waals surface area contributed by atoms with Crippen LogP contribution in [0.4, 0.5) is 5.69 Å². The number of hydrogen-bond donors (Lipinski definition) is 0. The van der Waals surface area contributed by atoms with Gasteiger partial charge >= 0.3 is 0 Å². The number of carbonyl (C=O) groups excluding carboxylic acids is 2. The molecule has 10 heteroatoms. The van der Waals surface area contributed by atoms with Gasteiger partial charge in [0.15, 0.2) is 0 Å². The molecule has 1 aromatic heterocycles. The molecule has 0 N–H and O–H groups in total. The smallest absolute Gasteiger partial charge is 0.253 e. The predicted octanol–water partition coefficient (Wildman–Crippen LogP) is 4.37. The van der Waals surface area contributed by atoms with Crippen LogP contribution in [-0.2, 0) is 26.0 Å². The normalized spacial score (nSPS) is 16.4. The summed E-state index contributed by atoms with van der Waals surface area (Å²) >= 11 is 7.15. The largest absolute Gasteiger partial charge is 0.494 e. The van der Waals surface area contributed by atoms with Crippen molar-refractivity contribution in [2.75, 3.05) is 18.1 Å². The highest BCUT2D eigenvalue weighted by atomic mass is 35.5. The Kier molecular flexibility index (Phi) is 7.37. The van der Waals surface area contributed by atoms with Crippen molar-refractivity contribution in [3.63, 3.8) is 0 Å². The summed E-state index contributed by atoms with van der Waals surface area (Å²) in [5.41, 5.74) is 1.21. The molecule has 178 valence electrons. The highest BCUT2D eigenvalue weighted by Crippen LogP contribution is 2.31. The van der Waals surface area contributed by atoms with Crippen molar-refractivity contribution in [1.82, 2.24) is 4.31 Å². The molecule has 0 saturated carbocycles. The number of amides is 2. The number of hydrogen-bond acceptors (Lipinski definition) is 6. The summed E-state index contributed by atoms with van der Waals surface area (Å²) in [5.74, 6) is -0.404. The fourth-order valence-electron chi connectivity index (χ4n) is 3.87. The van der Waals surface area contributed by atoms with Gasteiger partial charge in [-0.05, 0) is 66.8 Å². The summed E-state index contributed by atoms with van der Waals surface area (Å²) in [5, 5.41) is 2.20. The van der Waals surface area contributed by atoms with Crippen molar-refractivity contribution in [3.8, 4) is 5.75 Å². The van der Waals surface area contributed by atoms with Gasteiger partial charge < -0.3 is 4.74 Å². The fourth-order valence-corrected chi connectivity index (χ4v) is 6.79. The van der Waals surface area contributed by atoms with E-state index in [1.807, 2.05) is 13.0 Å². The number of imide groups is 1. The Morgan fingerprint density at radius 3 is 2.53 bits per heavy atom. The van der Waals surface area contributed by atoms with E-state index in [2.05, 4.69) is 0 Å². The first-order valence-electron chi connectivity index (χ1n) is 10.7. The van der Waals surface area contributed by atoms with Crippen LogP contribution in [0.3, 0.4) is 0 Å². The number of thiophene rings is 1. The van der Waals surface area contributed by atoms with E-state index in [1.165, 1.54) is 6.07 Å². The number of ether oxygens (including phenoxy) is 1. The predicted molar refractivity (Wildman–Crippen MR) is 132 cm³/mol. The Balaban J connectivity index is 1.64. The van der Waals surface area contributed by atoms with E-state index in [4.69, 9.17) is 16.3 Å². The van der Waals surface area contributed by atoms with Crippen molar-refractivity contribution < 1.29 is 22.7 Å². The van der Waals surface area contributed by atoms with Crippen LogP contribution in [0.1, 0.15) is 18.9 Å². The summed E-state index contributed by atoms with van der Waals surface area (Å²) < 4.78 is 33.7. The van der Waals surface area contributed by atoms with Gasteiger partial charge in [-0.2, -0.15) is 4.31 Å².